The molecule has 0 bridgehead atoms. The maximum atomic E-state index is 12.7. The Balaban J connectivity index is 2.58. The molecule has 0 unspecified atom stereocenters. The summed E-state index contributed by atoms with van der Waals surface area (Å²) in [6.07, 6.45) is 0.585. The van der Waals surface area contributed by atoms with E-state index in [0.29, 0.717) is 11.8 Å². The number of carbonyl (C=O) groups excluding carboxylic acids is 5. The molecule has 134 valence electrons. The zero-order valence-electron chi connectivity index (χ0n) is 14.1. The van der Waals surface area contributed by atoms with E-state index in [1.165, 1.54) is 31.3 Å². The Morgan fingerprint density at radius 3 is 2.04 bits per heavy atom. The Morgan fingerprint density at radius 1 is 0.962 bits per heavy atom. The Morgan fingerprint density at radius 2 is 1.54 bits per heavy atom. The van der Waals surface area contributed by atoms with Gasteiger partial charge in [-0.1, -0.05) is 24.3 Å². The third-order valence-electron chi connectivity index (χ3n) is 3.55. The third-order valence-corrected chi connectivity index (χ3v) is 3.55. The number of nitrogens with zero attached hydrogens (tertiary/aromatic N) is 2. The van der Waals surface area contributed by atoms with Gasteiger partial charge in [0.15, 0.2) is 11.4 Å². The van der Waals surface area contributed by atoms with Crippen molar-refractivity contribution in [3.63, 3.8) is 0 Å². The summed E-state index contributed by atoms with van der Waals surface area (Å²) in [4.78, 5) is 59.8. The van der Waals surface area contributed by atoms with E-state index in [-0.39, 0.29) is 11.3 Å². The van der Waals surface area contributed by atoms with Gasteiger partial charge in [0.2, 0.25) is 11.6 Å². The lowest BCUT2D eigenvalue weighted by molar-refractivity contribution is 0.0582. The molecule has 0 spiro atoms. The van der Waals surface area contributed by atoms with Gasteiger partial charge in [-0.3, -0.25) is 19.1 Å². The van der Waals surface area contributed by atoms with Gasteiger partial charge in [-0.2, -0.15) is 5.10 Å². The van der Waals surface area contributed by atoms with Gasteiger partial charge in [0, 0.05) is 18.2 Å². The van der Waals surface area contributed by atoms with Crippen molar-refractivity contribution in [2.45, 2.75) is 0 Å². The number of ether oxygens (including phenoxy) is 2. The monoisotopic (exact) mass is 358 g/mol. The van der Waals surface area contributed by atoms with E-state index >= 15 is 0 Å². The number of Topliss-reactive ketones (excluding diaryl/α,β-unsaturated/α-hetero) is 2. The Hall–Kier alpha value is -3.62. The van der Waals surface area contributed by atoms with Crippen LogP contribution in [0.3, 0.4) is 0 Å². The summed E-state index contributed by atoms with van der Waals surface area (Å²) >= 11 is 0. The minimum absolute atomic E-state index is 0.0175. The van der Waals surface area contributed by atoms with Crippen molar-refractivity contribution in [3.8, 4) is 0 Å². The summed E-state index contributed by atoms with van der Waals surface area (Å²) in [5.74, 6) is -4.03. The van der Waals surface area contributed by atoms with Crippen molar-refractivity contribution >= 4 is 29.8 Å². The fourth-order valence-corrected chi connectivity index (χ4v) is 2.27. The van der Waals surface area contributed by atoms with Gasteiger partial charge < -0.3 is 9.47 Å². The Bertz CT molecular complexity index is 910. The van der Waals surface area contributed by atoms with Crippen molar-refractivity contribution < 1.29 is 33.4 Å². The zero-order chi connectivity index (χ0) is 19.4. The van der Waals surface area contributed by atoms with Gasteiger partial charge in [0.1, 0.15) is 6.29 Å². The minimum Gasteiger partial charge on any atom is -0.464 e. The van der Waals surface area contributed by atoms with Gasteiger partial charge in [-0.15, -0.1) is 0 Å². The molecule has 1 aromatic heterocycles. The molecule has 0 N–H and O–H groups in total. The lowest BCUT2D eigenvalue weighted by Gasteiger charge is -2.05. The van der Waals surface area contributed by atoms with E-state index in [1.54, 1.807) is 0 Å². The molecule has 0 aliphatic heterocycles. The largest absolute Gasteiger partial charge is 0.464 e. The molecular weight excluding hydrogens is 344 g/mol. The molecule has 26 heavy (non-hydrogen) atoms. The predicted molar refractivity (Wildman–Crippen MR) is 86.4 cm³/mol. The first-order valence-electron chi connectivity index (χ1n) is 7.23. The minimum atomic E-state index is -1.13. The maximum absolute atomic E-state index is 12.7. The summed E-state index contributed by atoms with van der Waals surface area (Å²) < 4.78 is 10.1. The van der Waals surface area contributed by atoms with Crippen LogP contribution in [-0.4, -0.2) is 53.8 Å². The van der Waals surface area contributed by atoms with Gasteiger partial charge in [-0.25, -0.2) is 9.59 Å². The van der Waals surface area contributed by atoms with E-state index in [1.807, 2.05) is 0 Å². The molecule has 0 saturated heterocycles. The highest BCUT2D eigenvalue weighted by molar-refractivity contribution is 6.50. The molecule has 9 nitrogen and oxygen atoms in total. The molecule has 0 aliphatic rings. The fourth-order valence-electron chi connectivity index (χ4n) is 2.27. The fraction of sp³-hybridized carbons (Fsp3) is 0.176. The molecule has 0 fully saturated rings. The molecule has 9 heteroatoms. The van der Waals surface area contributed by atoms with E-state index < -0.39 is 34.8 Å². The van der Waals surface area contributed by atoms with Crippen LogP contribution < -0.4 is 0 Å². The highest BCUT2D eigenvalue weighted by Gasteiger charge is 2.35. The topological polar surface area (TPSA) is 122 Å². The van der Waals surface area contributed by atoms with Crippen molar-refractivity contribution in [3.05, 3.63) is 52.3 Å². The Kier molecular flexibility index (Phi) is 5.41. The number of benzene rings is 1. The van der Waals surface area contributed by atoms with Crippen LogP contribution in [0.4, 0.5) is 0 Å². The summed E-state index contributed by atoms with van der Waals surface area (Å²) in [5.41, 5.74) is -1.03. The summed E-state index contributed by atoms with van der Waals surface area (Å²) in [5, 5.41) is 3.80. The van der Waals surface area contributed by atoms with Crippen molar-refractivity contribution in [2.75, 3.05) is 14.2 Å². The average molecular weight is 358 g/mol. The zero-order valence-corrected chi connectivity index (χ0v) is 14.1. The van der Waals surface area contributed by atoms with Gasteiger partial charge in [0.25, 0.3) is 0 Å². The number of rotatable bonds is 6. The number of carbonyl (C=O) groups is 5. The number of esters is 2. The van der Waals surface area contributed by atoms with Crippen molar-refractivity contribution in [1.82, 2.24) is 9.78 Å². The van der Waals surface area contributed by atoms with Crippen molar-refractivity contribution in [2.24, 2.45) is 7.05 Å². The van der Waals surface area contributed by atoms with E-state index in [0.717, 1.165) is 18.9 Å². The van der Waals surface area contributed by atoms with Crippen LogP contribution in [0.5, 0.6) is 0 Å². The number of aryl methyl sites for hydroxylation is 1. The second-order valence-electron chi connectivity index (χ2n) is 5.08. The summed E-state index contributed by atoms with van der Waals surface area (Å²) in [7, 11) is 3.48. The second kappa shape index (κ2) is 7.51. The second-order valence-corrected chi connectivity index (χ2v) is 5.08. The molecule has 0 radical (unpaired) electrons. The van der Waals surface area contributed by atoms with E-state index in [4.69, 9.17) is 0 Å². The molecule has 2 aromatic rings. The molecule has 2 rings (SSSR count). The molecular formula is C17H14N2O7. The molecule has 1 aromatic carbocycles. The molecule has 0 atom stereocenters. The first-order chi connectivity index (χ1) is 12.3. The van der Waals surface area contributed by atoms with Crippen LogP contribution in [0, 0.1) is 0 Å². The SMILES string of the molecule is COC(=O)c1nn(C)c(C(=O)OC)c1C(=O)C(=O)c1ccc(C=O)cc1. The first-order valence-corrected chi connectivity index (χ1v) is 7.23. The highest BCUT2D eigenvalue weighted by Crippen LogP contribution is 2.19. The summed E-state index contributed by atoms with van der Waals surface area (Å²) in [6, 6.07) is 5.30. The van der Waals surface area contributed by atoms with E-state index in [9.17, 15) is 24.0 Å². The van der Waals surface area contributed by atoms with Crippen molar-refractivity contribution in [1.29, 1.82) is 0 Å². The number of methoxy groups -OCH3 is 2. The number of hydrogen-bond donors (Lipinski definition) is 0. The lowest BCUT2D eigenvalue weighted by atomic mass is 9.98. The molecule has 0 saturated carbocycles. The quantitative estimate of drug-likeness (QED) is 0.323. The third kappa shape index (κ3) is 3.27. The van der Waals surface area contributed by atoms with Crippen LogP contribution in [0.25, 0.3) is 0 Å². The van der Waals surface area contributed by atoms with Crippen LogP contribution in [0.1, 0.15) is 52.1 Å². The average Bonchev–Trinajstić information content (AvgIpc) is 3.02. The Labute approximate surface area is 147 Å². The van der Waals surface area contributed by atoms with Gasteiger partial charge in [0.05, 0.1) is 19.8 Å². The number of aromatic nitrogens is 2. The number of ketones is 2. The summed E-state index contributed by atoms with van der Waals surface area (Å²) in [6.45, 7) is 0. The first kappa shape index (κ1) is 18.7. The predicted octanol–water partition coefficient (Wildman–Crippen LogP) is 0.871. The highest BCUT2D eigenvalue weighted by atomic mass is 16.5. The maximum Gasteiger partial charge on any atom is 0.359 e. The molecule has 0 aliphatic carbocycles. The molecule has 0 amide bonds. The van der Waals surface area contributed by atoms with Gasteiger partial charge >= 0.3 is 11.9 Å². The number of aldehydes is 1. The van der Waals surface area contributed by atoms with Crippen LogP contribution in [-0.2, 0) is 16.5 Å². The molecule has 1 heterocycles. The van der Waals surface area contributed by atoms with Crippen LogP contribution in [0.15, 0.2) is 24.3 Å². The van der Waals surface area contributed by atoms with E-state index in [2.05, 4.69) is 14.6 Å². The smallest absolute Gasteiger partial charge is 0.359 e. The van der Waals surface area contributed by atoms with Crippen LogP contribution >= 0.6 is 0 Å². The lowest BCUT2D eigenvalue weighted by Crippen LogP contribution is -2.21. The normalized spacial score (nSPS) is 10.1. The standard InChI is InChI=1S/C17H14N2O7/c1-19-13(17(24)26-3)11(12(18-19)16(23)25-2)15(22)14(21)10-6-4-9(8-20)5-7-10/h4-8H,1-3H3. The number of hydrogen-bond acceptors (Lipinski definition) is 8. The van der Waals surface area contributed by atoms with Gasteiger partial charge in [-0.05, 0) is 0 Å². The van der Waals surface area contributed by atoms with Crippen LogP contribution in [0.2, 0.25) is 0 Å².